The number of hydrogen-bond donors (Lipinski definition) is 1. The van der Waals surface area contributed by atoms with Gasteiger partial charge in [-0.2, -0.15) is 0 Å². The van der Waals surface area contributed by atoms with Gasteiger partial charge in [-0.25, -0.2) is 0 Å². The van der Waals surface area contributed by atoms with E-state index in [1.54, 1.807) is 0 Å². The van der Waals surface area contributed by atoms with Crippen LogP contribution in [0.25, 0.3) is 10.9 Å². The van der Waals surface area contributed by atoms with Crippen molar-refractivity contribution >= 4 is 46.7 Å². The van der Waals surface area contributed by atoms with E-state index < -0.39 is 0 Å². The highest BCUT2D eigenvalue weighted by atomic mass is 127. The quantitative estimate of drug-likeness (QED) is 0.346. The van der Waals surface area contributed by atoms with Gasteiger partial charge in [0.2, 0.25) is 5.91 Å². The lowest BCUT2D eigenvalue weighted by Gasteiger charge is -2.25. The summed E-state index contributed by atoms with van der Waals surface area (Å²) in [6.07, 6.45) is 2.63. The van der Waals surface area contributed by atoms with Crippen molar-refractivity contribution in [1.82, 2.24) is 20.1 Å². The molecule has 0 atom stereocenters. The number of carbonyl (C=O) groups excluding carboxylic acids is 1. The average Bonchev–Trinajstić information content (AvgIpc) is 2.68. The van der Waals surface area contributed by atoms with Crippen LogP contribution in [0.15, 0.2) is 41.5 Å². The van der Waals surface area contributed by atoms with Crippen molar-refractivity contribution in [1.29, 1.82) is 0 Å². The first-order valence-corrected chi connectivity index (χ1v) is 9.70. The Morgan fingerprint density at radius 3 is 2.54 bits per heavy atom. The van der Waals surface area contributed by atoms with E-state index in [1.807, 2.05) is 49.9 Å². The second-order valence-corrected chi connectivity index (χ2v) is 6.40. The number of likely N-dealkylation sites (N-methyl/N-ethyl adjacent to an activating group) is 2. The van der Waals surface area contributed by atoms with Gasteiger partial charge in [0.05, 0.1) is 12.1 Å². The topological polar surface area (TPSA) is 60.8 Å². The molecule has 0 bridgehead atoms. The third-order valence-electron chi connectivity index (χ3n) is 4.54. The van der Waals surface area contributed by atoms with Crippen molar-refractivity contribution in [3.05, 3.63) is 42.1 Å². The number of fused-ring (bicyclic) bond motifs is 1. The van der Waals surface area contributed by atoms with Gasteiger partial charge in [0.15, 0.2) is 5.96 Å². The van der Waals surface area contributed by atoms with Crippen LogP contribution in [0, 0.1) is 0 Å². The van der Waals surface area contributed by atoms with Gasteiger partial charge in [0.25, 0.3) is 0 Å². The monoisotopic (exact) mass is 497 g/mol. The number of aliphatic imine (C=N–C) groups is 1. The van der Waals surface area contributed by atoms with Gasteiger partial charge in [-0.15, -0.1) is 24.0 Å². The van der Waals surface area contributed by atoms with Gasteiger partial charge in [-0.1, -0.05) is 24.3 Å². The molecule has 0 radical (unpaired) electrons. The molecule has 1 heterocycles. The molecule has 1 amide bonds. The number of para-hydroxylation sites is 1. The molecular formula is C21H32IN5O. The summed E-state index contributed by atoms with van der Waals surface area (Å²) in [5, 5.41) is 4.42. The van der Waals surface area contributed by atoms with E-state index in [9.17, 15) is 4.79 Å². The van der Waals surface area contributed by atoms with E-state index in [0.29, 0.717) is 13.1 Å². The minimum absolute atomic E-state index is 0. The molecule has 1 aromatic heterocycles. The number of pyridine rings is 1. The summed E-state index contributed by atoms with van der Waals surface area (Å²) in [6, 6.07) is 10.3. The van der Waals surface area contributed by atoms with E-state index in [-0.39, 0.29) is 29.9 Å². The number of hydrogen-bond acceptors (Lipinski definition) is 3. The Kier molecular flexibility index (Phi) is 10.8. The summed E-state index contributed by atoms with van der Waals surface area (Å²) in [7, 11) is 1.91. The van der Waals surface area contributed by atoms with E-state index in [0.717, 1.165) is 42.9 Å². The SMILES string of the molecule is CCNC(=NCCc1cccc2cccnc12)N(C)CC(=O)N(CC)CC.I. The molecule has 0 aliphatic heterocycles. The minimum Gasteiger partial charge on any atom is -0.357 e. The summed E-state index contributed by atoms with van der Waals surface area (Å²) in [5.74, 6) is 0.873. The van der Waals surface area contributed by atoms with Gasteiger partial charge >= 0.3 is 0 Å². The molecule has 7 heteroatoms. The van der Waals surface area contributed by atoms with Crippen LogP contribution < -0.4 is 5.32 Å². The first kappa shape index (κ1) is 24.1. The molecule has 154 valence electrons. The number of benzene rings is 1. The highest BCUT2D eigenvalue weighted by Crippen LogP contribution is 2.16. The third kappa shape index (κ3) is 6.61. The molecule has 0 unspecified atom stereocenters. The van der Waals surface area contributed by atoms with Crippen LogP contribution in [-0.2, 0) is 11.2 Å². The van der Waals surface area contributed by atoms with Crippen molar-refractivity contribution in [2.24, 2.45) is 4.99 Å². The van der Waals surface area contributed by atoms with Crippen LogP contribution in [0.3, 0.4) is 0 Å². The number of amides is 1. The third-order valence-corrected chi connectivity index (χ3v) is 4.54. The summed E-state index contributed by atoms with van der Waals surface area (Å²) in [6.45, 7) is 9.21. The summed E-state index contributed by atoms with van der Waals surface area (Å²) in [4.78, 5) is 25.3. The van der Waals surface area contributed by atoms with Crippen LogP contribution in [0.4, 0.5) is 0 Å². The Morgan fingerprint density at radius 1 is 1.14 bits per heavy atom. The number of halogens is 1. The highest BCUT2D eigenvalue weighted by molar-refractivity contribution is 14.0. The van der Waals surface area contributed by atoms with E-state index in [4.69, 9.17) is 4.99 Å². The molecule has 28 heavy (non-hydrogen) atoms. The fraction of sp³-hybridized carbons (Fsp3) is 0.476. The summed E-state index contributed by atoms with van der Waals surface area (Å²) in [5.41, 5.74) is 2.22. The molecule has 0 aliphatic carbocycles. The molecule has 2 rings (SSSR count). The summed E-state index contributed by atoms with van der Waals surface area (Å²) >= 11 is 0. The van der Waals surface area contributed by atoms with Crippen molar-refractivity contribution < 1.29 is 4.79 Å². The molecule has 1 N–H and O–H groups in total. The molecule has 6 nitrogen and oxygen atoms in total. The van der Waals surface area contributed by atoms with Gasteiger partial charge in [-0.05, 0) is 38.8 Å². The van der Waals surface area contributed by atoms with Crippen LogP contribution in [0.5, 0.6) is 0 Å². The normalized spacial score (nSPS) is 11.1. The minimum atomic E-state index is 0. The standard InChI is InChI=1S/C21H31N5O.HI/c1-5-22-21(25(4)16-19(27)26(6-2)7-3)24-15-13-18-11-8-10-17-12-9-14-23-20(17)18;/h8-12,14H,5-7,13,15-16H2,1-4H3,(H,22,24);1H. The lowest BCUT2D eigenvalue weighted by molar-refractivity contribution is -0.131. The molecule has 0 spiro atoms. The van der Waals surface area contributed by atoms with Crippen LogP contribution in [-0.4, -0.2) is 66.4 Å². The number of rotatable bonds is 8. The van der Waals surface area contributed by atoms with E-state index in [1.165, 1.54) is 5.56 Å². The van der Waals surface area contributed by atoms with Crippen molar-refractivity contribution in [2.45, 2.75) is 27.2 Å². The Bertz CT molecular complexity index is 771. The second-order valence-electron chi connectivity index (χ2n) is 6.40. The van der Waals surface area contributed by atoms with E-state index in [2.05, 4.69) is 34.6 Å². The zero-order chi connectivity index (χ0) is 19.6. The van der Waals surface area contributed by atoms with Crippen LogP contribution in [0.1, 0.15) is 26.3 Å². The number of aromatic nitrogens is 1. The molecule has 2 aromatic rings. The molecule has 0 saturated carbocycles. The Morgan fingerprint density at radius 2 is 1.86 bits per heavy atom. The zero-order valence-electron chi connectivity index (χ0n) is 17.3. The van der Waals surface area contributed by atoms with Crippen molar-refractivity contribution in [3.63, 3.8) is 0 Å². The van der Waals surface area contributed by atoms with Gasteiger partial charge < -0.3 is 15.1 Å². The maximum absolute atomic E-state index is 12.4. The number of guanidine groups is 1. The largest absolute Gasteiger partial charge is 0.357 e. The van der Waals surface area contributed by atoms with Crippen molar-refractivity contribution in [2.75, 3.05) is 39.8 Å². The first-order valence-electron chi connectivity index (χ1n) is 9.70. The number of carbonyl (C=O) groups is 1. The number of nitrogens with one attached hydrogen (secondary N) is 1. The average molecular weight is 497 g/mol. The highest BCUT2D eigenvalue weighted by Gasteiger charge is 2.15. The lowest BCUT2D eigenvalue weighted by Crippen LogP contribution is -2.45. The smallest absolute Gasteiger partial charge is 0.242 e. The van der Waals surface area contributed by atoms with Crippen molar-refractivity contribution in [3.8, 4) is 0 Å². The van der Waals surface area contributed by atoms with Crippen LogP contribution in [0.2, 0.25) is 0 Å². The maximum atomic E-state index is 12.4. The Labute approximate surface area is 185 Å². The molecular weight excluding hydrogens is 465 g/mol. The second kappa shape index (κ2) is 12.5. The fourth-order valence-corrected chi connectivity index (χ4v) is 3.08. The first-order chi connectivity index (χ1) is 13.1. The Balaban J connectivity index is 0.00000392. The Hall–Kier alpha value is -1.90. The fourth-order valence-electron chi connectivity index (χ4n) is 3.08. The van der Waals surface area contributed by atoms with Gasteiger partial charge in [0.1, 0.15) is 0 Å². The maximum Gasteiger partial charge on any atom is 0.242 e. The van der Waals surface area contributed by atoms with Gasteiger partial charge in [-0.3, -0.25) is 14.8 Å². The lowest BCUT2D eigenvalue weighted by atomic mass is 10.1. The molecule has 0 fully saturated rings. The van der Waals surface area contributed by atoms with Gasteiger partial charge in [0, 0.05) is 44.8 Å². The predicted molar refractivity (Wildman–Crippen MR) is 127 cm³/mol. The zero-order valence-corrected chi connectivity index (χ0v) is 19.6. The molecule has 0 saturated heterocycles. The van der Waals surface area contributed by atoms with Crippen LogP contribution >= 0.6 is 24.0 Å². The molecule has 1 aromatic carbocycles. The summed E-state index contributed by atoms with van der Waals surface area (Å²) < 4.78 is 0. The molecule has 0 aliphatic rings. The van der Waals surface area contributed by atoms with E-state index >= 15 is 0 Å². The predicted octanol–water partition coefficient (Wildman–Crippen LogP) is 3.16. The number of nitrogens with zero attached hydrogens (tertiary/aromatic N) is 4.